The summed E-state index contributed by atoms with van der Waals surface area (Å²) in [6, 6.07) is 0. The minimum Gasteiger partial charge on any atom is -0.411 e. The van der Waals surface area contributed by atoms with Crippen molar-refractivity contribution in [2.45, 2.75) is 87.7 Å². The first-order valence-corrected chi connectivity index (χ1v) is 14.0. The zero-order valence-electron chi connectivity index (χ0n) is 20.8. The molecule has 6 aliphatic carbocycles. The molecule has 6 fully saturated rings. The van der Waals surface area contributed by atoms with Crippen LogP contribution in [0.25, 0.3) is 0 Å². The predicted molar refractivity (Wildman–Crippen MR) is 144 cm³/mol. The second-order valence-electron chi connectivity index (χ2n) is 9.20. The summed E-state index contributed by atoms with van der Waals surface area (Å²) in [7, 11) is 0. The van der Waals surface area contributed by atoms with Crippen LogP contribution in [-0.4, -0.2) is 25.6 Å². The Labute approximate surface area is 231 Å². The van der Waals surface area contributed by atoms with Gasteiger partial charge in [-0.2, -0.15) is 6.42 Å². The van der Waals surface area contributed by atoms with E-state index >= 15 is 0 Å². The van der Waals surface area contributed by atoms with Crippen molar-refractivity contribution in [1.82, 2.24) is 0 Å². The van der Waals surface area contributed by atoms with Gasteiger partial charge in [0, 0.05) is 17.8 Å². The summed E-state index contributed by atoms with van der Waals surface area (Å²) in [6.07, 6.45) is 18.4. The number of hydrogen-bond donors (Lipinski definition) is 2. The Kier molecular flexibility index (Phi) is 19.2. The van der Waals surface area contributed by atoms with Gasteiger partial charge in [0.2, 0.25) is 0 Å². The SMILES string of the molecule is C=CC(Br)Br.C=CCC1/C(=N\O)C2CCC1CC2.O/N=C1\CC2CCC1CC2.[CH2-]CCC.[Li+]. The predicted octanol–water partition coefficient (Wildman–Crippen LogP) is 5.77. The summed E-state index contributed by atoms with van der Waals surface area (Å²) in [5.74, 6) is 3.30. The molecular weight excluding hydrogens is 539 g/mol. The zero-order chi connectivity index (χ0) is 23.9. The van der Waals surface area contributed by atoms with E-state index in [0.29, 0.717) is 17.8 Å². The first-order valence-electron chi connectivity index (χ1n) is 12.2. The fourth-order valence-electron chi connectivity index (χ4n) is 5.29. The molecule has 1 unspecified atom stereocenters. The average molecular weight is 582 g/mol. The van der Waals surface area contributed by atoms with Crippen LogP contribution in [0, 0.1) is 36.5 Å². The second kappa shape index (κ2) is 19.2. The molecule has 0 spiro atoms. The van der Waals surface area contributed by atoms with Gasteiger partial charge in [0.25, 0.3) is 0 Å². The van der Waals surface area contributed by atoms with Crippen LogP contribution in [0.15, 0.2) is 35.6 Å². The van der Waals surface area contributed by atoms with Gasteiger partial charge in [0.15, 0.2) is 0 Å². The normalized spacial score (nSPS) is 31.2. The van der Waals surface area contributed by atoms with E-state index in [0.717, 1.165) is 42.5 Å². The van der Waals surface area contributed by atoms with Gasteiger partial charge in [0.1, 0.15) is 0 Å². The van der Waals surface area contributed by atoms with Crippen molar-refractivity contribution < 1.29 is 29.3 Å². The average Bonchev–Trinajstić information content (AvgIpc) is 2.86. The third-order valence-electron chi connectivity index (χ3n) is 7.15. The summed E-state index contributed by atoms with van der Waals surface area (Å²) in [5.41, 5.74) is 2.13. The van der Waals surface area contributed by atoms with Gasteiger partial charge in [-0.05, 0) is 76.0 Å². The van der Waals surface area contributed by atoms with Gasteiger partial charge >= 0.3 is 18.9 Å². The Hall–Kier alpha value is -0.0226. The molecule has 4 nitrogen and oxygen atoms in total. The molecule has 2 N–H and O–H groups in total. The van der Waals surface area contributed by atoms with Gasteiger partial charge < -0.3 is 17.3 Å². The van der Waals surface area contributed by atoms with Crippen LogP contribution < -0.4 is 18.9 Å². The molecule has 184 valence electrons. The molecule has 1 atom stereocenters. The number of alkyl halides is 2. The quantitative estimate of drug-likeness (QED) is 0.111. The minimum atomic E-state index is 0. The van der Waals surface area contributed by atoms with Gasteiger partial charge in [-0.15, -0.1) is 13.2 Å². The molecule has 6 aliphatic rings. The Morgan fingerprint density at radius 1 is 1.00 bits per heavy atom. The fraction of sp³-hybridized carbons (Fsp3) is 0.731. The molecule has 0 aromatic heterocycles. The van der Waals surface area contributed by atoms with Crippen molar-refractivity contribution in [1.29, 1.82) is 0 Å². The van der Waals surface area contributed by atoms with E-state index < -0.39 is 0 Å². The molecule has 0 heterocycles. The van der Waals surface area contributed by atoms with Crippen molar-refractivity contribution in [3.63, 3.8) is 0 Å². The molecule has 0 radical (unpaired) electrons. The third-order valence-corrected chi connectivity index (χ3v) is 7.90. The molecule has 4 bridgehead atoms. The maximum Gasteiger partial charge on any atom is 1.00 e. The Bertz CT molecular complexity index is 595. The van der Waals surface area contributed by atoms with Gasteiger partial charge in [-0.25, -0.2) is 0 Å². The summed E-state index contributed by atoms with van der Waals surface area (Å²) in [6.45, 7) is 13.0. The summed E-state index contributed by atoms with van der Waals surface area (Å²) >= 11 is 6.34. The molecule has 0 aromatic rings. The number of rotatable bonds is 4. The van der Waals surface area contributed by atoms with Crippen LogP contribution in [0.4, 0.5) is 0 Å². The molecule has 0 aromatic carbocycles. The van der Waals surface area contributed by atoms with Gasteiger partial charge in [-0.1, -0.05) is 67.7 Å². The van der Waals surface area contributed by atoms with E-state index in [-0.39, 0.29) is 22.6 Å². The summed E-state index contributed by atoms with van der Waals surface area (Å²) < 4.78 is 0.273. The third kappa shape index (κ3) is 11.5. The van der Waals surface area contributed by atoms with E-state index in [2.05, 4.69) is 69.2 Å². The van der Waals surface area contributed by atoms with Crippen molar-refractivity contribution in [2.24, 2.45) is 39.9 Å². The molecule has 0 saturated heterocycles. The number of halogens is 2. The first-order chi connectivity index (χ1) is 15.4. The topological polar surface area (TPSA) is 65.2 Å². The van der Waals surface area contributed by atoms with Crippen LogP contribution >= 0.6 is 31.9 Å². The summed E-state index contributed by atoms with van der Waals surface area (Å²) in [5, 5.41) is 24.4. The largest absolute Gasteiger partial charge is 1.00 e. The van der Waals surface area contributed by atoms with E-state index in [4.69, 9.17) is 10.4 Å². The van der Waals surface area contributed by atoms with Gasteiger partial charge in [0.05, 0.1) is 15.2 Å². The Morgan fingerprint density at radius 2 is 1.52 bits per heavy atom. The maximum absolute atomic E-state index is 8.96. The van der Waals surface area contributed by atoms with E-state index in [1.54, 1.807) is 6.08 Å². The number of fused-ring (bicyclic) bond motifs is 6. The molecule has 6 saturated carbocycles. The van der Waals surface area contributed by atoms with E-state index in [1.807, 2.05) is 6.08 Å². The molecule has 6 rings (SSSR count). The van der Waals surface area contributed by atoms with Crippen LogP contribution in [0.3, 0.4) is 0 Å². The number of oxime groups is 2. The Balaban J connectivity index is 0.000000456. The van der Waals surface area contributed by atoms with Crippen molar-refractivity contribution in [2.75, 3.05) is 0 Å². The molecule has 33 heavy (non-hydrogen) atoms. The molecular formula is C26H43Br2LiN2O2. The Morgan fingerprint density at radius 3 is 1.82 bits per heavy atom. The van der Waals surface area contributed by atoms with E-state index in [1.165, 1.54) is 57.8 Å². The molecule has 0 amide bonds. The fourth-order valence-corrected chi connectivity index (χ4v) is 5.29. The van der Waals surface area contributed by atoms with Gasteiger partial charge in [-0.3, -0.25) is 0 Å². The van der Waals surface area contributed by atoms with Crippen molar-refractivity contribution in [3.05, 3.63) is 32.2 Å². The second-order valence-corrected chi connectivity index (χ2v) is 12.4. The molecule has 7 heteroatoms. The number of unbranched alkanes of at least 4 members (excludes halogenated alkanes) is 1. The standard InChI is InChI=1S/C11H17NO.C8H13NO.C4H9.C3H4Br2.Li/c1-2-3-10-8-4-6-9(7-5-8)11(10)12-13;10-9-8-5-6-1-3-7(8)4-2-6;1-3-4-2;1-2-3(4)5;/h2,8-10,13H,1,3-7H2;6-7,10H,1-5H2;1,3-4H2,2H3;2-3H,1H2;/q;;-1;;+1/b12-11-;9-8+;;;. The number of allylic oxidation sites excluding steroid dienone is 2. The van der Waals surface area contributed by atoms with Crippen LogP contribution in [0.1, 0.15) is 84.0 Å². The van der Waals surface area contributed by atoms with Crippen molar-refractivity contribution in [3.8, 4) is 0 Å². The summed E-state index contributed by atoms with van der Waals surface area (Å²) in [4.78, 5) is 0. The van der Waals surface area contributed by atoms with E-state index in [9.17, 15) is 0 Å². The van der Waals surface area contributed by atoms with Crippen LogP contribution in [0.5, 0.6) is 0 Å². The molecule has 0 aliphatic heterocycles. The monoisotopic (exact) mass is 580 g/mol. The minimum absolute atomic E-state index is 0. The van der Waals surface area contributed by atoms with Crippen molar-refractivity contribution >= 4 is 43.3 Å². The smallest absolute Gasteiger partial charge is 0.411 e. The van der Waals surface area contributed by atoms with Crippen LogP contribution in [0.2, 0.25) is 0 Å². The van der Waals surface area contributed by atoms with Crippen LogP contribution in [-0.2, 0) is 0 Å². The zero-order valence-corrected chi connectivity index (χ0v) is 23.9. The number of nitrogens with zero attached hydrogens (tertiary/aromatic N) is 2. The number of hydrogen-bond acceptors (Lipinski definition) is 4. The first kappa shape index (κ1) is 33.0. The maximum atomic E-state index is 8.96.